The highest BCUT2D eigenvalue weighted by Gasteiger charge is 2.55. The molecule has 0 radical (unpaired) electrons. The molecule has 2 saturated carbocycles. The predicted octanol–water partition coefficient (Wildman–Crippen LogP) is 1.77. The molecule has 0 unspecified atom stereocenters. The van der Waals surface area contributed by atoms with Crippen molar-refractivity contribution in [3.8, 4) is 0 Å². The Hall–Kier alpha value is -1.26. The molecule has 0 aromatic rings. The lowest BCUT2D eigenvalue weighted by molar-refractivity contribution is -0.164. The van der Waals surface area contributed by atoms with Gasteiger partial charge in [0.1, 0.15) is 0 Å². The first-order valence-corrected chi connectivity index (χ1v) is 8.35. The zero-order chi connectivity index (χ0) is 14.4. The van der Waals surface area contributed by atoms with Crippen LogP contribution in [0.25, 0.3) is 0 Å². The number of nitrogens with one attached hydrogen (secondary N) is 1. The van der Waals surface area contributed by atoms with Crippen molar-refractivity contribution < 1.29 is 14.3 Å². The van der Waals surface area contributed by atoms with Crippen LogP contribution in [0, 0.1) is 23.2 Å². The molecule has 2 amide bonds. The van der Waals surface area contributed by atoms with Crippen LogP contribution < -0.4 is 5.32 Å². The molecule has 116 valence electrons. The predicted molar refractivity (Wildman–Crippen MR) is 76.5 cm³/mol. The van der Waals surface area contributed by atoms with Crippen molar-refractivity contribution in [1.82, 2.24) is 10.2 Å². The zero-order valence-electron chi connectivity index (χ0n) is 12.5. The highest BCUT2D eigenvalue weighted by Crippen LogP contribution is 2.57. The molecule has 2 aliphatic heterocycles. The minimum atomic E-state index is -0.396. The van der Waals surface area contributed by atoms with Crippen molar-refractivity contribution in [1.29, 1.82) is 0 Å². The zero-order valence-corrected chi connectivity index (χ0v) is 12.5. The molecule has 2 saturated heterocycles. The lowest BCUT2D eigenvalue weighted by Crippen LogP contribution is -2.65. The maximum atomic E-state index is 12.5. The fourth-order valence-electron chi connectivity index (χ4n) is 4.60. The fraction of sp³-hybridized carbons (Fsp3) is 0.875. The van der Waals surface area contributed by atoms with E-state index in [1.165, 1.54) is 32.1 Å². The van der Waals surface area contributed by atoms with Crippen molar-refractivity contribution in [2.75, 3.05) is 26.2 Å². The normalized spacial score (nSPS) is 32.3. The van der Waals surface area contributed by atoms with Crippen molar-refractivity contribution in [2.45, 2.75) is 38.5 Å². The van der Waals surface area contributed by atoms with E-state index in [1.54, 1.807) is 0 Å². The van der Waals surface area contributed by atoms with Crippen molar-refractivity contribution >= 4 is 12.0 Å². The number of cyclic esters (lactones) is 1. The molecule has 0 aromatic heterocycles. The second-order valence-corrected chi connectivity index (χ2v) is 7.56. The summed E-state index contributed by atoms with van der Waals surface area (Å²) in [7, 11) is 0. The van der Waals surface area contributed by atoms with Gasteiger partial charge in [-0.1, -0.05) is 19.3 Å². The van der Waals surface area contributed by atoms with Gasteiger partial charge < -0.3 is 15.0 Å². The third kappa shape index (κ3) is 2.30. The molecule has 4 fully saturated rings. The van der Waals surface area contributed by atoms with Gasteiger partial charge in [0.25, 0.3) is 0 Å². The summed E-state index contributed by atoms with van der Waals surface area (Å²) in [4.78, 5) is 25.6. The maximum absolute atomic E-state index is 12.5. The second-order valence-electron chi connectivity index (χ2n) is 7.56. The summed E-state index contributed by atoms with van der Waals surface area (Å²) in [6.45, 7) is 2.66. The SMILES string of the molecule is O=C1NC[C@H](C(=O)N2CC3(CC(C4CCC4)C3)C2)CCO1. The van der Waals surface area contributed by atoms with Crippen LogP contribution in [0.1, 0.15) is 38.5 Å². The fourth-order valence-corrected chi connectivity index (χ4v) is 4.60. The summed E-state index contributed by atoms with van der Waals surface area (Å²) in [6.07, 6.45) is 7.22. The maximum Gasteiger partial charge on any atom is 0.407 e. The van der Waals surface area contributed by atoms with E-state index in [0.717, 1.165) is 24.9 Å². The van der Waals surface area contributed by atoms with E-state index < -0.39 is 6.09 Å². The summed E-state index contributed by atoms with van der Waals surface area (Å²) in [5.74, 6) is 2.05. The first-order valence-electron chi connectivity index (χ1n) is 8.35. The van der Waals surface area contributed by atoms with Crippen molar-refractivity contribution in [2.24, 2.45) is 23.2 Å². The third-order valence-corrected chi connectivity index (χ3v) is 6.11. The van der Waals surface area contributed by atoms with Gasteiger partial charge in [0, 0.05) is 25.0 Å². The van der Waals surface area contributed by atoms with Crippen molar-refractivity contribution in [3.63, 3.8) is 0 Å². The minimum absolute atomic E-state index is 0.101. The Kier molecular flexibility index (Phi) is 3.12. The Labute approximate surface area is 125 Å². The minimum Gasteiger partial charge on any atom is -0.450 e. The van der Waals surface area contributed by atoms with E-state index >= 15 is 0 Å². The lowest BCUT2D eigenvalue weighted by Gasteiger charge is -2.62. The molecular weight excluding hydrogens is 268 g/mol. The molecule has 2 heterocycles. The molecule has 1 N–H and O–H groups in total. The van der Waals surface area contributed by atoms with Gasteiger partial charge >= 0.3 is 6.09 Å². The van der Waals surface area contributed by atoms with Crippen LogP contribution in [0.3, 0.4) is 0 Å². The number of rotatable bonds is 2. The van der Waals surface area contributed by atoms with Crippen LogP contribution >= 0.6 is 0 Å². The first kappa shape index (κ1) is 13.4. The lowest BCUT2D eigenvalue weighted by atomic mass is 9.52. The molecule has 1 atom stereocenters. The van der Waals surface area contributed by atoms with Crippen LogP contribution in [0.5, 0.6) is 0 Å². The van der Waals surface area contributed by atoms with Crippen LogP contribution in [0.4, 0.5) is 4.79 Å². The first-order chi connectivity index (χ1) is 10.2. The van der Waals surface area contributed by atoms with E-state index in [2.05, 4.69) is 5.32 Å². The topological polar surface area (TPSA) is 58.6 Å². The molecule has 4 rings (SSSR count). The average molecular weight is 292 g/mol. The summed E-state index contributed by atoms with van der Waals surface area (Å²) in [6, 6.07) is 0. The Balaban J connectivity index is 1.25. The van der Waals surface area contributed by atoms with Crippen LogP contribution in [-0.4, -0.2) is 43.1 Å². The number of carbonyl (C=O) groups excluding carboxylic acids is 2. The molecule has 1 spiro atoms. The summed E-state index contributed by atoms with van der Waals surface area (Å²) >= 11 is 0. The second kappa shape index (κ2) is 4.89. The van der Waals surface area contributed by atoms with Crippen LogP contribution in [-0.2, 0) is 9.53 Å². The Morgan fingerprint density at radius 1 is 1.19 bits per heavy atom. The summed E-state index contributed by atoms with van der Waals surface area (Å²) < 4.78 is 4.93. The number of alkyl carbamates (subject to hydrolysis) is 1. The Bertz CT molecular complexity index is 446. The molecule has 5 nitrogen and oxygen atoms in total. The van der Waals surface area contributed by atoms with E-state index in [1.807, 2.05) is 4.90 Å². The molecule has 21 heavy (non-hydrogen) atoms. The molecule has 5 heteroatoms. The summed E-state index contributed by atoms with van der Waals surface area (Å²) in [5, 5.41) is 2.66. The molecule has 4 aliphatic rings. The number of amides is 2. The number of hydrogen-bond acceptors (Lipinski definition) is 3. The van der Waals surface area contributed by atoms with E-state index in [-0.39, 0.29) is 11.8 Å². The van der Waals surface area contributed by atoms with Gasteiger partial charge in [0.05, 0.1) is 12.5 Å². The monoisotopic (exact) mass is 292 g/mol. The standard InChI is InChI=1S/C16H24N2O3/c19-14(12-4-5-21-15(20)17-8-12)18-9-16(10-18)6-13(7-16)11-2-1-3-11/h11-13H,1-10H2,(H,17,20)/t12-/m1/s1. The molecular formula is C16H24N2O3. The number of carbonyl (C=O) groups is 2. The quantitative estimate of drug-likeness (QED) is 0.844. The highest BCUT2D eigenvalue weighted by atomic mass is 16.5. The third-order valence-electron chi connectivity index (χ3n) is 6.11. The van der Waals surface area contributed by atoms with Crippen LogP contribution in [0.15, 0.2) is 0 Å². The van der Waals surface area contributed by atoms with E-state index in [0.29, 0.717) is 25.0 Å². The van der Waals surface area contributed by atoms with Gasteiger partial charge in [-0.2, -0.15) is 0 Å². The van der Waals surface area contributed by atoms with Gasteiger partial charge in [0.2, 0.25) is 5.91 Å². The van der Waals surface area contributed by atoms with Gasteiger partial charge in [-0.25, -0.2) is 4.79 Å². The number of nitrogens with zero attached hydrogens (tertiary/aromatic N) is 1. The van der Waals surface area contributed by atoms with Gasteiger partial charge in [0.15, 0.2) is 0 Å². The number of ether oxygens (including phenoxy) is 1. The van der Waals surface area contributed by atoms with E-state index in [9.17, 15) is 9.59 Å². The Morgan fingerprint density at radius 2 is 1.95 bits per heavy atom. The smallest absolute Gasteiger partial charge is 0.407 e. The summed E-state index contributed by atoms with van der Waals surface area (Å²) in [5.41, 5.74) is 0.459. The van der Waals surface area contributed by atoms with Crippen LogP contribution in [0.2, 0.25) is 0 Å². The molecule has 0 bridgehead atoms. The van der Waals surface area contributed by atoms with E-state index in [4.69, 9.17) is 4.74 Å². The van der Waals surface area contributed by atoms with Gasteiger partial charge in [-0.05, 0) is 31.1 Å². The largest absolute Gasteiger partial charge is 0.450 e. The average Bonchev–Trinajstić information content (AvgIpc) is 2.52. The number of hydrogen-bond donors (Lipinski definition) is 1. The number of likely N-dealkylation sites (tertiary alicyclic amines) is 1. The highest BCUT2D eigenvalue weighted by molar-refractivity contribution is 5.81. The molecule has 0 aromatic carbocycles. The Morgan fingerprint density at radius 3 is 2.62 bits per heavy atom. The van der Waals surface area contributed by atoms with Crippen molar-refractivity contribution in [3.05, 3.63) is 0 Å². The van der Waals surface area contributed by atoms with Gasteiger partial charge in [-0.3, -0.25) is 4.79 Å². The molecule has 2 aliphatic carbocycles. The van der Waals surface area contributed by atoms with Gasteiger partial charge in [-0.15, -0.1) is 0 Å².